The van der Waals surface area contributed by atoms with E-state index in [0.29, 0.717) is 24.4 Å². The summed E-state index contributed by atoms with van der Waals surface area (Å²) in [6.07, 6.45) is 2.68. The van der Waals surface area contributed by atoms with Crippen LogP contribution in [0.15, 0.2) is 6.07 Å². The summed E-state index contributed by atoms with van der Waals surface area (Å²) >= 11 is 0. The largest absolute Gasteiger partial charge is 0.481 e. The van der Waals surface area contributed by atoms with Gasteiger partial charge in [0, 0.05) is 24.2 Å². The van der Waals surface area contributed by atoms with Gasteiger partial charge in [0.15, 0.2) is 5.65 Å². The van der Waals surface area contributed by atoms with Gasteiger partial charge in [-0.15, -0.1) is 0 Å². The number of carbonyl (C=O) groups excluding carboxylic acids is 1. The number of hydrogen-bond donors (Lipinski definition) is 1. The molecular weight excluding hydrogens is 356 g/mol. The molecule has 0 aromatic carbocycles. The number of carboxylic acids is 1. The van der Waals surface area contributed by atoms with Crippen molar-refractivity contribution in [3.8, 4) is 0 Å². The van der Waals surface area contributed by atoms with Crippen LogP contribution in [0, 0.1) is 12.8 Å². The highest BCUT2D eigenvalue weighted by molar-refractivity contribution is 6.07. The molecule has 0 bridgehead atoms. The summed E-state index contributed by atoms with van der Waals surface area (Å²) in [7, 11) is 0. The maximum absolute atomic E-state index is 13.5. The van der Waals surface area contributed by atoms with Crippen LogP contribution in [0.1, 0.15) is 74.6 Å². The third-order valence-electron chi connectivity index (χ3n) is 6.03. The second-order valence-corrected chi connectivity index (χ2v) is 9.21. The molecule has 1 aliphatic carbocycles. The topological polar surface area (TPSA) is 88.3 Å². The summed E-state index contributed by atoms with van der Waals surface area (Å²) in [5, 5.41) is 14.9. The highest BCUT2D eigenvalue weighted by Gasteiger charge is 2.40. The molecule has 28 heavy (non-hydrogen) atoms. The average molecular weight is 384 g/mol. The lowest BCUT2D eigenvalue weighted by Crippen LogP contribution is -2.37. The van der Waals surface area contributed by atoms with Crippen molar-refractivity contribution in [1.82, 2.24) is 19.7 Å². The maximum atomic E-state index is 13.5. The molecular formula is C21H28N4O3. The van der Waals surface area contributed by atoms with Gasteiger partial charge in [0.05, 0.1) is 28.1 Å². The summed E-state index contributed by atoms with van der Waals surface area (Å²) in [6, 6.07) is 1.60. The molecule has 2 unspecified atom stereocenters. The zero-order valence-electron chi connectivity index (χ0n) is 17.2. The second kappa shape index (κ2) is 6.29. The number of nitrogens with zero attached hydrogens (tertiary/aromatic N) is 4. The van der Waals surface area contributed by atoms with Gasteiger partial charge in [-0.2, -0.15) is 5.10 Å². The molecule has 4 rings (SSSR count). The van der Waals surface area contributed by atoms with Crippen LogP contribution in [0.25, 0.3) is 11.0 Å². The number of carbonyl (C=O) groups is 2. The molecule has 0 spiro atoms. The van der Waals surface area contributed by atoms with Gasteiger partial charge in [0.1, 0.15) is 0 Å². The van der Waals surface area contributed by atoms with Crippen molar-refractivity contribution < 1.29 is 14.7 Å². The number of amides is 1. The van der Waals surface area contributed by atoms with Gasteiger partial charge in [-0.25, -0.2) is 9.67 Å². The third-order valence-corrected chi connectivity index (χ3v) is 6.03. The maximum Gasteiger partial charge on any atom is 0.308 e. The molecule has 2 aromatic heterocycles. The fraction of sp³-hybridized carbons (Fsp3) is 0.619. The van der Waals surface area contributed by atoms with Crippen molar-refractivity contribution in [2.75, 3.05) is 6.54 Å². The highest BCUT2D eigenvalue weighted by atomic mass is 16.4. The van der Waals surface area contributed by atoms with Crippen LogP contribution in [0.5, 0.6) is 0 Å². The number of aromatic nitrogens is 3. The standard InChI is InChI=1S/C21H28N4O3/c1-11-17-15(19(26)24-9-8-14(12(24)2)20(27)28)10-16(13-6-7-13)22-18(17)25(23-11)21(3,4)5/h10,12-14H,6-9H2,1-5H3,(H,27,28). The van der Waals surface area contributed by atoms with E-state index in [0.717, 1.165) is 35.3 Å². The van der Waals surface area contributed by atoms with Crippen molar-refractivity contribution in [2.24, 2.45) is 5.92 Å². The van der Waals surface area contributed by atoms with E-state index >= 15 is 0 Å². The number of likely N-dealkylation sites (tertiary alicyclic amines) is 1. The molecule has 150 valence electrons. The molecule has 1 amide bonds. The fourth-order valence-electron chi connectivity index (χ4n) is 4.24. The molecule has 7 heteroatoms. The van der Waals surface area contributed by atoms with E-state index in [9.17, 15) is 14.7 Å². The summed E-state index contributed by atoms with van der Waals surface area (Å²) in [4.78, 5) is 31.6. The minimum atomic E-state index is -0.835. The lowest BCUT2D eigenvalue weighted by Gasteiger charge is -2.24. The second-order valence-electron chi connectivity index (χ2n) is 9.21. The Morgan fingerprint density at radius 3 is 2.43 bits per heavy atom. The first kappa shape index (κ1) is 18.9. The molecule has 2 aromatic rings. The van der Waals surface area contributed by atoms with E-state index in [1.165, 1.54) is 0 Å². The number of pyridine rings is 1. The highest BCUT2D eigenvalue weighted by Crippen LogP contribution is 2.41. The van der Waals surface area contributed by atoms with Crippen LogP contribution in [-0.4, -0.2) is 49.2 Å². The zero-order valence-corrected chi connectivity index (χ0v) is 17.2. The van der Waals surface area contributed by atoms with Crippen LogP contribution in [-0.2, 0) is 10.3 Å². The lowest BCUT2D eigenvalue weighted by atomic mass is 10.0. The van der Waals surface area contributed by atoms with E-state index in [-0.39, 0.29) is 17.5 Å². The first-order valence-electron chi connectivity index (χ1n) is 10.0. The normalized spacial score (nSPS) is 22.8. The summed E-state index contributed by atoms with van der Waals surface area (Å²) in [6.45, 7) is 10.4. The van der Waals surface area contributed by atoms with Gasteiger partial charge >= 0.3 is 5.97 Å². The van der Waals surface area contributed by atoms with Crippen LogP contribution >= 0.6 is 0 Å². The van der Waals surface area contributed by atoms with Gasteiger partial charge in [0.2, 0.25) is 0 Å². The molecule has 2 atom stereocenters. The minimum Gasteiger partial charge on any atom is -0.481 e. The van der Waals surface area contributed by atoms with Crippen LogP contribution in [0.4, 0.5) is 0 Å². The predicted molar refractivity (Wildman–Crippen MR) is 105 cm³/mol. The van der Waals surface area contributed by atoms with E-state index in [1.807, 2.05) is 24.6 Å². The van der Waals surface area contributed by atoms with Crippen molar-refractivity contribution in [2.45, 2.75) is 71.4 Å². The van der Waals surface area contributed by atoms with E-state index in [1.54, 1.807) is 4.90 Å². The smallest absolute Gasteiger partial charge is 0.308 e. The van der Waals surface area contributed by atoms with Gasteiger partial charge in [-0.05, 0) is 59.9 Å². The van der Waals surface area contributed by atoms with E-state index in [4.69, 9.17) is 10.1 Å². The van der Waals surface area contributed by atoms with Crippen molar-refractivity contribution in [3.05, 3.63) is 23.0 Å². The van der Waals surface area contributed by atoms with Crippen molar-refractivity contribution in [3.63, 3.8) is 0 Å². The Balaban J connectivity index is 1.85. The number of carboxylic acid groups (broad SMARTS) is 1. The Labute approximate surface area is 164 Å². The number of aliphatic carboxylic acids is 1. The number of hydrogen-bond acceptors (Lipinski definition) is 4. The van der Waals surface area contributed by atoms with Crippen LogP contribution < -0.4 is 0 Å². The van der Waals surface area contributed by atoms with Gasteiger partial charge in [0.25, 0.3) is 5.91 Å². The SMILES string of the molecule is Cc1nn(C(C)(C)C)c2nc(C3CC3)cc(C(=O)N3CCC(C(=O)O)C3C)c12. The quantitative estimate of drug-likeness (QED) is 0.877. The van der Waals surface area contributed by atoms with Crippen LogP contribution in [0.2, 0.25) is 0 Å². The Morgan fingerprint density at radius 2 is 1.89 bits per heavy atom. The molecule has 1 saturated heterocycles. The van der Waals surface area contributed by atoms with Crippen molar-refractivity contribution >= 4 is 22.9 Å². The summed E-state index contributed by atoms with van der Waals surface area (Å²) in [5.41, 5.74) is 2.84. The Hall–Kier alpha value is -2.44. The molecule has 0 radical (unpaired) electrons. The third kappa shape index (κ3) is 2.97. The number of aryl methyl sites for hydroxylation is 1. The fourth-order valence-corrected chi connectivity index (χ4v) is 4.24. The first-order chi connectivity index (χ1) is 13.1. The Morgan fingerprint density at radius 1 is 1.21 bits per heavy atom. The van der Waals surface area contributed by atoms with Gasteiger partial charge < -0.3 is 10.0 Å². The van der Waals surface area contributed by atoms with Crippen LogP contribution in [0.3, 0.4) is 0 Å². The summed E-state index contributed by atoms with van der Waals surface area (Å²) < 4.78 is 1.91. The lowest BCUT2D eigenvalue weighted by molar-refractivity contribution is -0.142. The molecule has 7 nitrogen and oxygen atoms in total. The Kier molecular flexibility index (Phi) is 4.25. The molecule has 1 N–H and O–H groups in total. The number of rotatable bonds is 3. The monoisotopic (exact) mass is 384 g/mol. The molecule has 2 fully saturated rings. The minimum absolute atomic E-state index is 0.109. The van der Waals surface area contributed by atoms with Crippen molar-refractivity contribution in [1.29, 1.82) is 0 Å². The van der Waals surface area contributed by atoms with Gasteiger partial charge in [-0.3, -0.25) is 9.59 Å². The van der Waals surface area contributed by atoms with Gasteiger partial charge in [-0.1, -0.05) is 0 Å². The number of fused-ring (bicyclic) bond motifs is 1. The summed E-state index contributed by atoms with van der Waals surface area (Å²) in [5.74, 6) is -1.05. The molecule has 1 saturated carbocycles. The Bertz CT molecular complexity index is 968. The molecule has 1 aliphatic heterocycles. The molecule has 2 aliphatic rings. The zero-order chi connectivity index (χ0) is 20.4. The molecule has 3 heterocycles. The average Bonchev–Trinajstić information content (AvgIpc) is 3.30. The van der Waals surface area contributed by atoms with E-state index in [2.05, 4.69) is 20.8 Å². The van der Waals surface area contributed by atoms with E-state index < -0.39 is 11.9 Å². The predicted octanol–water partition coefficient (Wildman–Crippen LogP) is 3.31. The first-order valence-corrected chi connectivity index (χ1v) is 10.0.